The molecule has 2 rings (SSSR count). The van der Waals surface area contributed by atoms with Crippen LogP contribution in [0, 0.1) is 0 Å². The Labute approximate surface area is 121 Å². The zero-order chi connectivity index (χ0) is 14.2. The normalized spacial score (nSPS) is 12.7. The summed E-state index contributed by atoms with van der Waals surface area (Å²) in [5.41, 5.74) is 3.28. The van der Waals surface area contributed by atoms with Crippen LogP contribution in [0.25, 0.3) is 11.0 Å². The largest absolute Gasteiger partial charge is 0.313 e. The zero-order valence-electron chi connectivity index (χ0n) is 12.6. The molecule has 0 aliphatic rings. The van der Waals surface area contributed by atoms with E-state index >= 15 is 0 Å². The van der Waals surface area contributed by atoms with Gasteiger partial charge in [-0.05, 0) is 25.1 Å². The molecule has 1 atom stereocenters. The Balaban J connectivity index is 2.05. The first-order valence-corrected chi connectivity index (χ1v) is 7.73. The van der Waals surface area contributed by atoms with Gasteiger partial charge < -0.3 is 5.32 Å². The third-order valence-corrected chi connectivity index (χ3v) is 3.85. The van der Waals surface area contributed by atoms with Gasteiger partial charge in [-0.2, -0.15) is 0 Å². The van der Waals surface area contributed by atoms with E-state index in [-0.39, 0.29) is 0 Å². The van der Waals surface area contributed by atoms with Crippen molar-refractivity contribution < 1.29 is 0 Å². The van der Waals surface area contributed by atoms with Crippen molar-refractivity contribution in [1.82, 2.24) is 15.3 Å². The van der Waals surface area contributed by atoms with Crippen LogP contribution in [0.1, 0.15) is 57.1 Å². The van der Waals surface area contributed by atoms with Crippen LogP contribution >= 0.6 is 0 Å². The molecule has 0 saturated heterocycles. The minimum absolute atomic E-state index is 0.372. The SMILES string of the molecule is CCCCCCCC(NC)c1cccc2nccnc12. The van der Waals surface area contributed by atoms with Crippen molar-refractivity contribution in [3.63, 3.8) is 0 Å². The third-order valence-electron chi connectivity index (χ3n) is 3.85. The van der Waals surface area contributed by atoms with Crippen LogP contribution in [0.2, 0.25) is 0 Å². The van der Waals surface area contributed by atoms with Crippen LogP contribution in [-0.4, -0.2) is 17.0 Å². The Kier molecular flexibility index (Phi) is 5.93. The average molecular weight is 271 g/mol. The molecule has 0 saturated carbocycles. The van der Waals surface area contributed by atoms with Crippen LogP contribution in [-0.2, 0) is 0 Å². The minimum Gasteiger partial charge on any atom is -0.313 e. The van der Waals surface area contributed by atoms with E-state index in [1.807, 2.05) is 13.1 Å². The van der Waals surface area contributed by atoms with Crippen molar-refractivity contribution in [1.29, 1.82) is 0 Å². The Hall–Kier alpha value is -1.48. The van der Waals surface area contributed by atoms with Gasteiger partial charge in [0, 0.05) is 18.4 Å². The highest BCUT2D eigenvalue weighted by molar-refractivity contribution is 5.78. The number of aromatic nitrogens is 2. The number of fused-ring (bicyclic) bond motifs is 1. The first-order chi connectivity index (χ1) is 9.86. The summed E-state index contributed by atoms with van der Waals surface area (Å²) in [5.74, 6) is 0. The molecule has 3 heteroatoms. The lowest BCUT2D eigenvalue weighted by Crippen LogP contribution is -2.17. The van der Waals surface area contributed by atoms with Crippen molar-refractivity contribution in [2.75, 3.05) is 7.05 Å². The van der Waals surface area contributed by atoms with Gasteiger partial charge in [0.25, 0.3) is 0 Å². The fourth-order valence-electron chi connectivity index (χ4n) is 2.70. The van der Waals surface area contributed by atoms with E-state index in [1.54, 1.807) is 12.4 Å². The summed E-state index contributed by atoms with van der Waals surface area (Å²) >= 11 is 0. The molecule has 2 aromatic rings. The summed E-state index contributed by atoms with van der Waals surface area (Å²) in [6.07, 6.45) is 11.3. The van der Waals surface area contributed by atoms with Crippen molar-refractivity contribution in [2.45, 2.75) is 51.5 Å². The number of para-hydroxylation sites is 1. The molecule has 0 aliphatic carbocycles. The third kappa shape index (κ3) is 3.76. The summed E-state index contributed by atoms with van der Waals surface area (Å²) in [4.78, 5) is 8.89. The number of nitrogens with one attached hydrogen (secondary N) is 1. The van der Waals surface area contributed by atoms with Crippen LogP contribution in [0.5, 0.6) is 0 Å². The molecule has 1 unspecified atom stereocenters. The number of benzene rings is 1. The molecule has 0 fully saturated rings. The van der Waals surface area contributed by atoms with E-state index in [0.717, 1.165) is 17.5 Å². The van der Waals surface area contributed by atoms with Crippen LogP contribution in [0.4, 0.5) is 0 Å². The van der Waals surface area contributed by atoms with Gasteiger partial charge in [-0.25, -0.2) is 0 Å². The number of hydrogen-bond donors (Lipinski definition) is 1. The molecule has 3 nitrogen and oxygen atoms in total. The van der Waals surface area contributed by atoms with Crippen LogP contribution in [0.15, 0.2) is 30.6 Å². The Morgan fingerprint density at radius 2 is 1.85 bits per heavy atom. The summed E-state index contributed by atoms with van der Waals surface area (Å²) in [6, 6.07) is 6.65. The maximum absolute atomic E-state index is 4.51. The van der Waals surface area contributed by atoms with Gasteiger partial charge in [0.15, 0.2) is 0 Å². The second-order valence-electron chi connectivity index (χ2n) is 5.32. The van der Waals surface area contributed by atoms with E-state index in [9.17, 15) is 0 Å². The molecule has 0 radical (unpaired) electrons. The molecular formula is C17H25N3. The number of nitrogens with zero attached hydrogens (tertiary/aromatic N) is 2. The van der Waals surface area contributed by atoms with Crippen molar-refractivity contribution in [3.05, 3.63) is 36.2 Å². The van der Waals surface area contributed by atoms with Crippen molar-refractivity contribution >= 4 is 11.0 Å². The van der Waals surface area contributed by atoms with E-state index in [1.165, 1.54) is 37.7 Å². The van der Waals surface area contributed by atoms with Gasteiger partial charge in [-0.1, -0.05) is 51.2 Å². The predicted octanol–water partition coefficient (Wildman–Crippen LogP) is 4.25. The second-order valence-corrected chi connectivity index (χ2v) is 5.32. The lowest BCUT2D eigenvalue weighted by atomic mass is 9.98. The Bertz CT molecular complexity index is 519. The number of unbranched alkanes of at least 4 members (excludes halogenated alkanes) is 4. The molecule has 1 aromatic heterocycles. The second kappa shape index (κ2) is 7.95. The van der Waals surface area contributed by atoms with E-state index < -0.39 is 0 Å². The Morgan fingerprint density at radius 3 is 2.65 bits per heavy atom. The molecular weight excluding hydrogens is 246 g/mol. The first kappa shape index (κ1) is 14.9. The predicted molar refractivity (Wildman–Crippen MR) is 84.7 cm³/mol. The monoisotopic (exact) mass is 271 g/mol. The van der Waals surface area contributed by atoms with E-state index in [2.05, 4.69) is 34.3 Å². The van der Waals surface area contributed by atoms with Gasteiger partial charge in [-0.3, -0.25) is 9.97 Å². The molecule has 1 N–H and O–H groups in total. The van der Waals surface area contributed by atoms with Gasteiger partial charge in [0.1, 0.15) is 0 Å². The summed E-state index contributed by atoms with van der Waals surface area (Å²) < 4.78 is 0. The molecule has 0 bridgehead atoms. The maximum atomic E-state index is 4.51. The summed E-state index contributed by atoms with van der Waals surface area (Å²) in [7, 11) is 2.03. The van der Waals surface area contributed by atoms with Gasteiger partial charge in [0.05, 0.1) is 11.0 Å². The molecule has 0 aliphatic heterocycles. The average Bonchev–Trinajstić information content (AvgIpc) is 2.51. The van der Waals surface area contributed by atoms with E-state index in [4.69, 9.17) is 0 Å². The highest BCUT2D eigenvalue weighted by atomic mass is 14.9. The van der Waals surface area contributed by atoms with Crippen LogP contribution < -0.4 is 5.32 Å². The van der Waals surface area contributed by atoms with Crippen molar-refractivity contribution in [3.8, 4) is 0 Å². The molecule has 1 heterocycles. The number of rotatable bonds is 8. The summed E-state index contributed by atoms with van der Waals surface area (Å²) in [6.45, 7) is 2.26. The van der Waals surface area contributed by atoms with Crippen LogP contribution in [0.3, 0.4) is 0 Å². The summed E-state index contributed by atoms with van der Waals surface area (Å²) in [5, 5.41) is 3.43. The highest BCUT2D eigenvalue weighted by Crippen LogP contribution is 2.25. The lowest BCUT2D eigenvalue weighted by molar-refractivity contribution is 0.502. The minimum atomic E-state index is 0.372. The van der Waals surface area contributed by atoms with Crippen molar-refractivity contribution in [2.24, 2.45) is 0 Å². The highest BCUT2D eigenvalue weighted by Gasteiger charge is 2.13. The Morgan fingerprint density at radius 1 is 1.05 bits per heavy atom. The number of hydrogen-bond acceptors (Lipinski definition) is 3. The fourth-order valence-corrected chi connectivity index (χ4v) is 2.70. The molecule has 20 heavy (non-hydrogen) atoms. The zero-order valence-corrected chi connectivity index (χ0v) is 12.6. The quantitative estimate of drug-likeness (QED) is 0.729. The molecule has 1 aromatic carbocycles. The van der Waals surface area contributed by atoms with E-state index in [0.29, 0.717) is 6.04 Å². The van der Waals surface area contributed by atoms with Gasteiger partial charge in [-0.15, -0.1) is 0 Å². The standard InChI is InChI=1S/C17H25N3/c1-3-4-5-6-7-10-15(18-2)14-9-8-11-16-17(14)20-13-12-19-16/h8-9,11-13,15,18H,3-7,10H2,1-2H3. The maximum Gasteiger partial charge on any atom is 0.0934 e. The smallest absolute Gasteiger partial charge is 0.0934 e. The first-order valence-electron chi connectivity index (χ1n) is 7.73. The molecule has 108 valence electrons. The van der Waals surface area contributed by atoms with Gasteiger partial charge >= 0.3 is 0 Å². The lowest BCUT2D eigenvalue weighted by Gasteiger charge is -2.17. The fraction of sp³-hybridized carbons (Fsp3) is 0.529. The molecule has 0 amide bonds. The topological polar surface area (TPSA) is 37.8 Å². The molecule has 0 spiro atoms. The van der Waals surface area contributed by atoms with Gasteiger partial charge in [0.2, 0.25) is 0 Å².